The van der Waals surface area contributed by atoms with E-state index in [9.17, 15) is 4.79 Å². The Labute approximate surface area is 139 Å². The fourth-order valence-electron chi connectivity index (χ4n) is 2.55. The van der Waals surface area contributed by atoms with Crippen molar-refractivity contribution >= 4 is 28.5 Å². The lowest BCUT2D eigenvalue weighted by atomic mass is 10.0. The Balaban J connectivity index is 2.17. The quantitative estimate of drug-likeness (QED) is 0.655. The molecule has 0 saturated heterocycles. The second-order valence-electron chi connectivity index (χ2n) is 5.15. The molecule has 1 heterocycles. The molecule has 0 aliphatic rings. The van der Waals surface area contributed by atoms with E-state index in [-0.39, 0.29) is 0 Å². The predicted octanol–water partition coefficient (Wildman–Crippen LogP) is 4.66. The van der Waals surface area contributed by atoms with Crippen molar-refractivity contribution in [2.75, 3.05) is 6.61 Å². The molecule has 3 aromatic rings. The molecule has 0 N–H and O–H groups in total. The molecule has 4 heteroatoms. The predicted molar refractivity (Wildman–Crippen MR) is 92.0 cm³/mol. The van der Waals surface area contributed by atoms with E-state index in [1.165, 1.54) is 0 Å². The molecule has 0 unspecified atom stereocenters. The minimum Gasteiger partial charge on any atom is -0.462 e. The minimum absolute atomic E-state index is 0.298. The van der Waals surface area contributed by atoms with Gasteiger partial charge < -0.3 is 4.74 Å². The number of carbonyl (C=O) groups excluding carboxylic acids is 1. The van der Waals surface area contributed by atoms with Crippen LogP contribution in [0.4, 0.5) is 0 Å². The highest BCUT2D eigenvalue weighted by molar-refractivity contribution is 6.38. The molecule has 2 aromatic carbocycles. The number of ether oxygens (including phenoxy) is 1. The topological polar surface area (TPSA) is 39.2 Å². The van der Waals surface area contributed by atoms with Gasteiger partial charge in [0.15, 0.2) is 0 Å². The first-order chi connectivity index (χ1) is 11.2. The van der Waals surface area contributed by atoms with Gasteiger partial charge in [0.25, 0.3) is 0 Å². The van der Waals surface area contributed by atoms with Crippen LogP contribution in [0.3, 0.4) is 0 Å². The average molecular weight is 326 g/mol. The number of rotatable bonds is 4. The number of halogens is 1. The lowest BCUT2D eigenvalue weighted by Gasteiger charge is -2.12. The van der Waals surface area contributed by atoms with Gasteiger partial charge in [-0.1, -0.05) is 60.1 Å². The van der Waals surface area contributed by atoms with E-state index in [4.69, 9.17) is 16.3 Å². The summed E-state index contributed by atoms with van der Waals surface area (Å²) < 4.78 is 5.17. The average Bonchev–Trinajstić information content (AvgIpc) is 2.56. The molecule has 0 atom stereocenters. The van der Waals surface area contributed by atoms with E-state index in [0.717, 1.165) is 16.5 Å². The van der Waals surface area contributed by atoms with Gasteiger partial charge >= 0.3 is 5.97 Å². The highest BCUT2D eigenvalue weighted by atomic mass is 35.5. The SMILES string of the molecule is CCOC(=O)c1c(Cc2ccccc2)nc2ccccc2c1Cl. The van der Waals surface area contributed by atoms with Gasteiger partial charge in [-0.15, -0.1) is 0 Å². The van der Waals surface area contributed by atoms with Crippen LogP contribution < -0.4 is 0 Å². The summed E-state index contributed by atoms with van der Waals surface area (Å²) in [5.41, 5.74) is 2.84. The standard InChI is InChI=1S/C19H16ClNO2/c1-2-23-19(22)17-16(12-13-8-4-3-5-9-13)21-15-11-7-6-10-14(15)18(17)20/h3-11H,2,12H2,1H3. The van der Waals surface area contributed by atoms with Crippen molar-refractivity contribution in [1.29, 1.82) is 0 Å². The molecule has 3 nitrogen and oxygen atoms in total. The van der Waals surface area contributed by atoms with Gasteiger partial charge in [0.05, 0.1) is 22.8 Å². The van der Waals surface area contributed by atoms with Gasteiger partial charge in [-0.05, 0) is 18.6 Å². The van der Waals surface area contributed by atoms with Crippen molar-refractivity contribution < 1.29 is 9.53 Å². The third-order valence-electron chi connectivity index (χ3n) is 3.60. The molecule has 3 rings (SSSR count). The second kappa shape index (κ2) is 6.80. The lowest BCUT2D eigenvalue weighted by Crippen LogP contribution is -2.11. The second-order valence-corrected chi connectivity index (χ2v) is 5.53. The number of hydrogen-bond donors (Lipinski definition) is 0. The number of carbonyl (C=O) groups is 1. The highest BCUT2D eigenvalue weighted by Gasteiger charge is 2.21. The van der Waals surface area contributed by atoms with Crippen molar-refractivity contribution in [1.82, 2.24) is 4.98 Å². The fourth-order valence-corrected chi connectivity index (χ4v) is 2.89. The number of hydrogen-bond acceptors (Lipinski definition) is 3. The summed E-state index contributed by atoms with van der Waals surface area (Å²) in [6.07, 6.45) is 0.527. The Morgan fingerprint density at radius 3 is 2.52 bits per heavy atom. The van der Waals surface area contributed by atoms with E-state index >= 15 is 0 Å². The molecule has 23 heavy (non-hydrogen) atoms. The molecule has 0 aliphatic heterocycles. The largest absolute Gasteiger partial charge is 0.462 e. The molecular weight excluding hydrogens is 310 g/mol. The Kier molecular flexibility index (Phi) is 4.58. The fraction of sp³-hybridized carbons (Fsp3) is 0.158. The van der Waals surface area contributed by atoms with Crippen molar-refractivity contribution in [3.8, 4) is 0 Å². The van der Waals surface area contributed by atoms with Crippen LogP contribution in [0.15, 0.2) is 54.6 Å². The number of nitrogens with zero attached hydrogens (tertiary/aromatic N) is 1. The molecule has 1 aromatic heterocycles. The van der Waals surface area contributed by atoms with Crippen molar-refractivity contribution in [3.05, 3.63) is 76.4 Å². The Bertz CT molecular complexity index is 847. The maximum atomic E-state index is 12.4. The Morgan fingerprint density at radius 1 is 1.09 bits per heavy atom. The molecule has 0 aliphatic carbocycles. The summed E-state index contributed by atoms with van der Waals surface area (Å²) in [5, 5.41) is 1.16. The molecule has 0 amide bonds. The molecule has 0 fully saturated rings. The number of aromatic nitrogens is 1. The van der Waals surface area contributed by atoms with Crippen LogP contribution in [0.1, 0.15) is 28.5 Å². The summed E-state index contributed by atoms with van der Waals surface area (Å²) >= 11 is 6.50. The molecular formula is C19H16ClNO2. The maximum Gasteiger partial charge on any atom is 0.341 e. The van der Waals surface area contributed by atoms with Gasteiger partial charge in [-0.2, -0.15) is 0 Å². The van der Waals surface area contributed by atoms with Gasteiger partial charge in [-0.25, -0.2) is 4.79 Å². The lowest BCUT2D eigenvalue weighted by molar-refractivity contribution is 0.0525. The van der Waals surface area contributed by atoms with E-state index < -0.39 is 5.97 Å². The summed E-state index contributed by atoms with van der Waals surface area (Å²) in [7, 11) is 0. The van der Waals surface area contributed by atoms with E-state index in [1.54, 1.807) is 6.92 Å². The minimum atomic E-state index is -0.429. The number of benzene rings is 2. The third-order valence-corrected chi connectivity index (χ3v) is 3.99. The van der Waals surface area contributed by atoms with Gasteiger partial charge in [0, 0.05) is 11.8 Å². The van der Waals surface area contributed by atoms with Gasteiger partial charge in [0.1, 0.15) is 5.56 Å². The molecule has 0 bridgehead atoms. The highest BCUT2D eigenvalue weighted by Crippen LogP contribution is 2.30. The van der Waals surface area contributed by atoms with Crippen molar-refractivity contribution in [3.63, 3.8) is 0 Å². The third kappa shape index (κ3) is 3.20. The summed E-state index contributed by atoms with van der Waals surface area (Å²) in [6.45, 7) is 2.07. The van der Waals surface area contributed by atoms with Crippen molar-refractivity contribution in [2.45, 2.75) is 13.3 Å². The number of pyridine rings is 1. The summed E-state index contributed by atoms with van der Waals surface area (Å²) in [6, 6.07) is 17.4. The first kappa shape index (κ1) is 15.5. The van der Waals surface area contributed by atoms with E-state index in [2.05, 4.69) is 4.98 Å². The molecule has 116 valence electrons. The monoisotopic (exact) mass is 325 g/mol. The van der Waals surface area contributed by atoms with E-state index in [1.807, 2.05) is 54.6 Å². The van der Waals surface area contributed by atoms with Crippen LogP contribution >= 0.6 is 11.6 Å². The normalized spacial score (nSPS) is 10.7. The molecule has 0 saturated carbocycles. The van der Waals surface area contributed by atoms with Crippen LogP contribution in [0, 0.1) is 0 Å². The smallest absolute Gasteiger partial charge is 0.341 e. The van der Waals surface area contributed by atoms with Crippen molar-refractivity contribution in [2.24, 2.45) is 0 Å². The first-order valence-electron chi connectivity index (χ1n) is 7.49. The number of esters is 1. The number of fused-ring (bicyclic) bond motifs is 1. The summed E-state index contributed by atoms with van der Waals surface area (Å²) in [4.78, 5) is 17.0. The zero-order valence-corrected chi connectivity index (χ0v) is 13.5. The van der Waals surface area contributed by atoms with Crippen LogP contribution in [0.5, 0.6) is 0 Å². The maximum absolute atomic E-state index is 12.4. The van der Waals surface area contributed by atoms with E-state index in [0.29, 0.717) is 29.3 Å². The van der Waals surface area contributed by atoms with Crippen LogP contribution in [-0.4, -0.2) is 17.6 Å². The Hall–Kier alpha value is -2.39. The first-order valence-corrected chi connectivity index (χ1v) is 7.86. The zero-order valence-electron chi connectivity index (χ0n) is 12.8. The molecule has 0 radical (unpaired) electrons. The van der Waals surface area contributed by atoms with Gasteiger partial charge in [-0.3, -0.25) is 4.98 Å². The van der Waals surface area contributed by atoms with Crippen LogP contribution in [0.2, 0.25) is 5.02 Å². The summed E-state index contributed by atoms with van der Waals surface area (Å²) in [5.74, 6) is -0.429. The molecule has 0 spiro atoms. The number of para-hydroxylation sites is 1. The Morgan fingerprint density at radius 2 is 1.78 bits per heavy atom. The van der Waals surface area contributed by atoms with Crippen LogP contribution in [-0.2, 0) is 11.2 Å². The zero-order chi connectivity index (χ0) is 16.2. The van der Waals surface area contributed by atoms with Crippen LogP contribution in [0.25, 0.3) is 10.9 Å². The van der Waals surface area contributed by atoms with Gasteiger partial charge in [0.2, 0.25) is 0 Å².